The predicted molar refractivity (Wildman–Crippen MR) is 120 cm³/mol. The standard InChI is InChI=1S/C26H51O/c27-25-21-16-14-12-10-8-6-4-2-1-3-5-7-9-11-13-15-18-22-26-23-19-17-20-24-26/h26H,1-25H2. The number of unbranched alkanes of at least 4 members (excludes halogenated alkanes) is 17. The summed E-state index contributed by atoms with van der Waals surface area (Å²) in [6, 6.07) is 0. The maximum Gasteiger partial charge on any atom is 0.0822 e. The van der Waals surface area contributed by atoms with Crippen LogP contribution in [-0.4, -0.2) is 6.61 Å². The molecule has 0 aromatic carbocycles. The topological polar surface area (TPSA) is 19.9 Å². The lowest BCUT2D eigenvalue weighted by Crippen LogP contribution is -2.05. The van der Waals surface area contributed by atoms with E-state index in [1.54, 1.807) is 0 Å². The van der Waals surface area contributed by atoms with Gasteiger partial charge >= 0.3 is 0 Å². The van der Waals surface area contributed by atoms with E-state index in [1.165, 1.54) is 141 Å². The third-order valence-corrected chi connectivity index (χ3v) is 6.73. The van der Waals surface area contributed by atoms with E-state index in [-0.39, 0.29) is 6.61 Å². The molecule has 1 nitrogen and oxygen atoms in total. The van der Waals surface area contributed by atoms with Gasteiger partial charge in [-0.15, -0.1) is 0 Å². The first-order chi connectivity index (χ1) is 13.4. The molecule has 0 unspecified atom stereocenters. The zero-order valence-corrected chi connectivity index (χ0v) is 18.7. The summed E-state index contributed by atoms with van der Waals surface area (Å²) in [6.45, 7) is 0.125. The largest absolute Gasteiger partial charge is 0.237 e. The van der Waals surface area contributed by atoms with Gasteiger partial charge in [0, 0.05) is 0 Å². The van der Waals surface area contributed by atoms with E-state index in [1.807, 2.05) is 0 Å². The van der Waals surface area contributed by atoms with Crippen LogP contribution in [0.4, 0.5) is 0 Å². The zero-order valence-electron chi connectivity index (χ0n) is 18.7. The lowest BCUT2D eigenvalue weighted by Gasteiger charge is -2.21. The molecule has 0 amide bonds. The van der Waals surface area contributed by atoms with Gasteiger partial charge in [0.05, 0.1) is 6.61 Å². The fourth-order valence-electron chi connectivity index (χ4n) is 4.84. The maximum atomic E-state index is 10.4. The average molecular weight is 380 g/mol. The molecular formula is C26H51O. The Bertz CT molecular complexity index is 269. The summed E-state index contributed by atoms with van der Waals surface area (Å²) in [5.41, 5.74) is 0. The molecular weight excluding hydrogens is 328 g/mol. The van der Waals surface area contributed by atoms with Crippen LogP contribution in [0, 0.1) is 5.92 Å². The Morgan fingerprint density at radius 1 is 0.407 bits per heavy atom. The fourth-order valence-corrected chi connectivity index (χ4v) is 4.84. The number of rotatable bonds is 20. The van der Waals surface area contributed by atoms with Crippen LogP contribution in [0.2, 0.25) is 0 Å². The molecule has 1 heteroatoms. The summed E-state index contributed by atoms with van der Waals surface area (Å²) < 4.78 is 0. The molecule has 1 aliphatic carbocycles. The fraction of sp³-hybridized carbons (Fsp3) is 1.00. The molecule has 0 N–H and O–H groups in total. The molecule has 1 radical (unpaired) electrons. The Hall–Kier alpha value is -0.0400. The lowest BCUT2D eigenvalue weighted by molar-refractivity contribution is 0.186. The van der Waals surface area contributed by atoms with Gasteiger partial charge in [-0.3, -0.25) is 0 Å². The quantitative estimate of drug-likeness (QED) is 0.188. The molecule has 1 fully saturated rings. The van der Waals surface area contributed by atoms with Crippen molar-refractivity contribution in [2.45, 2.75) is 154 Å². The third-order valence-electron chi connectivity index (χ3n) is 6.73. The van der Waals surface area contributed by atoms with E-state index < -0.39 is 0 Å². The van der Waals surface area contributed by atoms with Gasteiger partial charge in [0.25, 0.3) is 0 Å². The summed E-state index contributed by atoms with van der Waals surface area (Å²) in [4.78, 5) is 0. The summed E-state index contributed by atoms with van der Waals surface area (Å²) in [5.74, 6) is 1.09. The highest BCUT2D eigenvalue weighted by atomic mass is 16.2. The van der Waals surface area contributed by atoms with E-state index in [4.69, 9.17) is 0 Å². The van der Waals surface area contributed by atoms with Gasteiger partial charge in [0.2, 0.25) is 0 Å². The molecule has 1 rings (SSSR count). The second-order valence-electron chi connectivity index (χ2n) is 9.36. The van der Waals surface area contributed by atoms with Crippen LogP contribution < -0.4 is 0 Å². The highest BCUT2D eigenvalue weighted by Gasteiger charge is 2.12. The van der Waals surface area contributed by atoms with Crippen molar-refractivity contribution in [2.75, 3.05) is 6.61 Å². The Labute approximate surface area is 172 Å². The minimum Gasteiger partial charge on any atom is -0.237 e. The van der Waals surface area contributed by atoms with E-state index in [0.717, 1.165) is 18.8 Å². The van der Waals surface area contributed by atoms with Crippen molar-refractivity contribution in [3.05, 3.63) is 0 Å². The van der Waals surface area contributed by atoms with Crippen LogP contribution in [0.1, 0.15) is 154 Å². The highest BCUT2D eigenvalue weighted by Crippen LogP contribution is 2.28. The molecule has 0 heterocycles. The van der Waals surface area contributed by atoms with Crippen molar-refractivity contribution in [3.63, 3.8) is 0 Å². The SMILES string of the molecule is [O]CCCCCCCCCCCCCCCCCCCCC1CCCCC1. The van der Waals surface area contributed by atoms with Crippen LogP contribution in [-0.2, 0) is 5.11 Å². The second kappa shape index (κ2) is 20.7. The van der Waals surface area contributed by atoms with Gasteiger partial charge in [-0.2, -0.15) is 0 Å². The lowest BCUT2D eigenvalue weighted by atomic mass is 9.85. The van der Waals surface area contributed by atoms with Crippen molar-refractivity contribution in [3.8, 4) is 0 Å². The van der Waals surface area contributed by atoms with Crippen molar-refractivity contribution in [1.29, 1.82) is 0 Å². The Balaban J connectivity index is 1.64. The summed E-state index contributed by atoms with van der Waals surface area (Å²) >= 11 is 0. The van der Waals surface area contributed by atoms with E-state index in [2.05, 4.69) is 0 Å². The average Bonchev–Trinajstić information content (AvgIpc) is 2.70. The Morgan fingerprint density at radius 3 is 1.11 bits per heavy atom. The molecule has 0 bridgehead atoms. The van der Waals surface area contributed by atoms with E-state index >= 15 is 0 Å². The molecule has 1 aliphatic rings. The van der Waals surface area contributed by atoms with Gasteiger partial charge in [0.1, 0.15) is 0 Å². The summed E-state index contributed by atoms with van der Waals surface area (Å²) in [6.07, 6.45) is 34.3. The van der Waals surface area contributed by atoms with Crippen molar-refractivity contribution in [2.24, 2.45) is 5.92 Å². The molecule has 161 valence electrons. The molecule has 27 heavy (non-hydrogen) atoms. The first-order valence-corrected chi connectivity index (χ1v) is 13.0. The smallest absolute Gasteiger partial charge is 0.0822 e. The molecule has 0 aromatic heterocycles. The predicted octanol–water partition coefficient (Wildman–Crippen LogP) is 9.41. The van der Waals surface area contributed by atoms with Crippen LogP contribution in [0.3, 0.4) is 0 Å². The zero-order chi connectivity index (χ0) is 19.3. The number of hydrogen-bond acceptors (Lipinski definition) is 0. The third kappa shape index (κ3) is 17.8. The molecule has 0 atom stereocenters. The molecule has 0 aromatic rings. The molecule has 0 saturated heterocycles. The minimum atomic E-state index is 0.125. The highest BCUT2D eigenvalue weighted by molar-refractivity contribution is 4.65. The van der Waals surface area contributed by atoms with Gasteiger partial charge in [-0.25, -0.2) is 5.11 Å². The van der Waals surface area contributed by atoms with Crippen LogP contribution in [0.15, 0.2) is 0 Å². The second-order valence-corrected chi connectivity index (χ2v) is 9.36. The van der Waals surface area contributed by atoms with Crippen molar-refractivity contribution in [1.82, 2.24) is 0 Å². The van der Waals surface area contributed by atoms with Crippen LogP contribution >= 0.6 is 0 Å². The molecule has 1 saturated carbocycles. The molecule has 0 aliphatic heterocycles. The first kappa shape index (κ1) is 25.0. The van der Waals surface area contributed by atoms with Gasteiger partial charge < -0.3 is 0 Å². The van der Waals surface area contributed by atoms with E-state index in [0.29, 0.717) is 0 Å². The maximum absolute atomic E-state index is 10.4. The minimum absolute atomic E-state index is 0.125. The normalized spacial score (nSPS) is 15.4. The Kier molecular flexibility index (Phi) is 19.2. The van der Waals surface area contributed by atoms with Gasteiger partial charge in [-0.05, 0) is 12.3 Å². The van der Waals surface area contributed by atoms with Crippen molar-refractivity contribution < 1.29 is 5.11 Å². The van der Waals surface area contributed by atoms with Crippen LogP contribution in [0.25, 0.3) is 0 Å². The summed E-state index contributed by atoms with van der Waals surface area (Å²) in [7, 11) is 0. The molecule has 0 spiro atoms. The monoisotopic (exact) mass is 379 g/mol. The van der Waals surface area contributed by atoms with E-state index in [9.17, 15) is 5.11 Å². The number of hydrogen-bond donors (Lipinski definition) is 0. The van der Waals surface area contributed by atoms with Crippen molar-refractivity contribution >= 4 is 0 Å². The van der Waals surface area contributed by atoms with Gasteiger partial charge in [-0.1, -0.05) is 148 Å². The van der Waals surface area contributed by atoms with Crippen LogP contribution in [0.5, 0.6) is 0 Å². The van der Waals surface area contributed by atoms with Gasteiger partial charge in [0.15, 0.2) is 0 Å². The first-order valence-electron chi connectivity index (χ1n) is 13.0. The summed E-state index contributed by atoms with van der Waals surface area (Å²) in [5, 5.41) is 10.4. The Morgan fingerprint density at radius 2 is 0.741 bits per heavy atom.